The van der Waals surface area contributed by atoms with Crippen LogP contribution in [0.5, 0.6) is 0 Å². The molecule has 0 atom stereocenters. The predicted octanol–water partition coefficient (Wildman–Crippen LogP) is 2.23. The molecular formula is C8H7IN2. The highest BCUT2D eigenvalue weighted by atomic mass is 127. The molecule has 0 unspecified atom stereocenters. The number of anilines is 1. The highest BCUT2D eigenvalue weighted by Gasteiger charge is 1.93. The van der Waals surface area contributed by atoms with Gasteiger partial charge in [0.25, 0.3) is 0 Å². The second-order valence-electron chi connectivity index (χ2n) is 1.99. The van der Waals surface area contributed by atoms with Crippen molar-refractivity contribution in [2.75, 3.05) is 11.9 Å². The van der Waals surface area contributed by atoms with Crippen molar-refractivity contribution in [3.8, 4) is 6.07 Å². The highest BCUT2D eigenvalue weighted by molar-refractivity contribution is 14.1. The van der Waals surface area contributed by atoms with Crippen LogP contribution in [0.2, 0.25) is 0 Å². The molecule has 0 amide bonds. The smallest absolute Gasteiger partial charge is 0.103 e. The van der Waals surface area contributed by atoms with Gasteiger partial charge in [-0.1, -0.05) is 12.1 Å². The molecular weight excluding hydrogens is 251 g/mol. The monoisotopic (exact) mass is 258 g/mol. The number of rotatable bonds is 2. The van der Waals surface area contributed by atoms with Crippen molar-refractivity contribution in [3.63, 3.8) is 0 Å². The highest BCUT2D eigenvalue weighted by Crippen LogP contribution is 2.15. The Labute approximate surface area is 79.4 Å². The summed E-state index contributed by atoms with van der Waals surface area (Å²) in [7, 11) is 0. The number of hydrogen-bond acceptors (Lipinski definition) is 2. The minimum absolute atomic E-state index is 0.361. The quantitative estimate of drug-likeness (QED) is 0.652. The van der Waals surface area contributed by atoms with Gasteiger partial charge in [-0.25, -0.2) is 0 Å². The number of nitrogens with zero attached hydrogens (tertiary/aromatic N) is 1. The van der Waals surface area contributed by atoms with E-state index in [1.165, 1.54) is 0 Å². The fraction of sp³-hybridized carbons (Fsp3) is 0.125. The Balaban J connectivity index is 2.71. The summed E-state index contributed by atoms with van der Waals surface area (Å²) in [6.45, 7) is 0.361. The zero-order valence-corrected chi connectivity index (χ0v) is 8.00. The Kier molecular flexibility index (Phi) is 3.17. The summed E-state index contributed by atoms with van der Waals surface area (Å²) < 4.78 is 1.14. The first-order valence-electron chi connectivity index (χ1n) is 3.20. The Morgan fingerprint density at radius 2 is 2.18 bits per heavy atom. The number of nitriles is 1. The van der Waals surface area contributed by atoms with E-state index in [0.29, 0.717) is 6.54 Å². The Morgan fingerprint density at radius 1 is 1.45 bits per heavy atom. The Morgan fingerprint density at radius 3 is 2.82 bits per heavy atom. The molecule has 56 valence electrons. The van der Waals surface area contributed by atoms with Crippen LogP contribution in [0.4, 0.5) is 5.69 Å². The van der Waals surface area contributed by atoms with Gasteiger partial charge in [-0.15, -0.1) is 0 Å². The molecule has 0 heterocycles. The van der Waals surface area contributed by atoms with Crippen LogP contribution in [0.15, 0.2) is 24.3 Å². The van der Waals surface area contributed by atoms with Crippen molar-refractivity contribution in [2.45, 2.75) is 0 Å². The molecule has 0 aliphatic rings. The van der Waals surface area contributed by atoms with Crippen molar-refractivity contribution in [2.24, 2.45) is 0 Å². The summed E-state index contributed by atoms with van der Waals surface area (Å²) in [5, 5.41) is 11.3. The van der Waals surface area contributed by atoms with Gasteiger partial charge in [-0.05, 0) is 34.7 Å². The maximum Gasteiger partial charge on any atom is 0.103 e. The van der Waals surface area contributed by atoms with Crippen molar-refractivity contribution in [3.05, 3.63) is 27.8 Å². The molecule has 0 spiro atoms. The molecule has 0 bridgehead atoms. The molecule has 0 saturated carbocycles. The first-order chi connectivity index (χ1) is 5.34. The van der Waals surface area contributed by atoms with Gasteiger partial charge in [-0.2, -0.15) is 5.26 Å². The summed E-state index contributed by atoms with van der Waals surface area (Å²) in [5.41, 5.74) is 1.02. The number of nitrogens with one attached hydrogen (secondary N) is 1. The first kappa shape index (κ1) is 8.34. The van der Waals surface area contributed by atoms with Crippen molar-refractivity contribution in [1.29, 1.82) is 5.26 Å². The first-order valence-corrected chi connectivity index (χ1v) is 4.28. The second-order valence-corrected chi connectivity index (χ2v) is 3.15. The van der Waals surface area contributed by atoms with E-state index >= 15 is 0 Å². The Bertz CT molecular complexity index is 278. The van der Waals surface area contributed by atoms with Crippen LogP contribution >= 0.6 is 22.6 Å². The number of benzene rings is 1. The summed E-state index contributed by atoms with van der Waals surface area (Å²) >= 11 is 2.23. The van der Waals surface area contributed by atoms with Crippen molar-refractivity contribution >= 4 is 28.3 Å². The number of hydrogen-bond donors (Lipinski definition) is 1. The van der Waals surface area contributed by atoms with E-state index in [1.54, 1.807) is 0 Å². The van der Waals surface area contributed by atoms with Crippen LogP contribution < -0.4 is 5.32 Å². The third-order valence-corrected chi connectivity index (χ3v) is 2.17. The SMILES string of the molecule is N#CCNc1ccccc1I. The van der Waals surface area contributed by atoms with Crippen LogP contribution in [0.25, 0.3) is 0 Å². The zero-order chi connectivity index (χ0) is 8.10. The van der Waals surface area contributed by atoms with Crippen molar-refractivity contribution in [1.82, 2.24) is 0 Å². The molecule has 0 aliphatic heterocycles. The average molecular weight is 258 g/mol. The van der Waals surface area contributed by atoms with E-state index < -0.39 is 0 Å². The molecule has 0 saturated heterocycles. The molecule has 3 heteroatoms. The molecule has 0 radical (unpaired) electrons. The summed E-state index contributed by atoms with van der Waals surface area (Å²) in [6.07, 6.45) is 0. The molecule has 1 N–H and O–H groups in total. The summed E-state index contributed by atoms with van der Waals surface area (Å²) in [5.74, 6) is 0. The van der Waals surface area contributed by atoms with E-state index in [4.69, 9.17) is 5.26 Å². The van der Waals surface area contributed by atoms with Crippen LogP contribution in [0.1, 0.15) is 0 Å². The summed E-state index contributed by atoms with van der Waals surface area (Å²) in [6, 6.07) is 9.90. The van der Waals surface area contributed by atoms with E-state index in [-0.39, 0.29) is 0 Å². The van der Waals surface area contributed by atoms with Crippen LogP contribution in [0, 0.1) is 14.9 Å². The molecule has 11 heavy (non-hydrogen) atoms. The fourth-order valence-electron chi connectivity index (χ4n) is 0.739. The molecule has 2 nitrogen and oxygen atoms in total. The van der Waals surface area contributed by atoms with Crippen LogP contribution in [-0.2, 0) is 0 Å². The van der Waals surface area contributed by atoms with E-state index in [9.17, 15) is 0 Å². The van der Waals surface area contributed by atoms with Gasteiger partial charge in [0, 0.05) is 9.26 Å². The number of halogens is 1. The van der Waals surface area contributed by atoms with Crippen LogP contribution in [-0.4, -0.2) is 6.54 Å². The lowest BCUT2D eigenvalue weighted by Crippen LogP contribution is -1.99. The molecule has 0 fully saturated rings. The average Bonchev–Trinajstić information content (AvgIpc) is 2.03. The number of para-hydroxylation sites is 1. The van der Waals surface area contributed by atoms with Crippen molar-refractivity contribution < 1.29 is 0 Å². The second kappa shape index (κ2) is 4.19. The maximum atomic E-state index is 8.30. The zero-order valence-electron chi connectivity index (χ0n) is 5.84. The predicted molar refractivity (Wildman–Crippen MR) is 53.3 cm³/mol. The van der Waals surface area contributed by atoms with Crippen LogP contribution in [0.3, 0.4) is 0 Å². The molecule has 1 rings (SSSR count). The molecule has 1 aromatic rings. The largest absolute Gasteiger partial charge is 0.371 e. The van der Waals surface area contributed by atoms with Gasteiger partial charge in [0.2, 0.25) is 0 Å². The Hall–Kier alpha value is -0.760. The third-order valence-electron chi connectivity index (χ3n) is 1.23. The van der Waals surface area contributed by atoms with E-state index in [0.717, 1.165) is 9.26 Å². The fourth-order valence-corrected chi connectivity index (χ4v) is 1.32. The minimum Gasteiger partial charge on any atom is -0.371 e. The standard InChI is InChI=1S/C8H7IN2/c9-7-3-1-2-4-8(7)11-6-5-10/h1-4,11H,6H2. The van der Waals surface area contributed by atoms with Gasteiger partial charge in [-0.3, -0.25) is 0 Å². The lowest BCUT2D eigenvalue weighted by atomic mass is 10.3. The van der Waals surface area contributed by atoms with Gasteiger partial charge >= 0.3 is 0 Å². The van der Waals surface area contributed by atoms with Gasteiger partial charge in [0.1, 0.15) is 6.54 Å². The lowest BCUT2D eigenvalue weighted by molar-refractivity contribution is 1.31. The summed E-state index contributed by atoms with van der Waals surface area (Å²) in [4.78, 5) is 0. The van der Waals surface area contributed by atoms with Gasteiger partial charge in [0.15, 0.2) is 0 Å². The van der Waals surface area contributed by atoms with Gasteiger partial charge in [0.05, 0.1) is 6.07 Å². The van der Waals surface area contributed by atoms with Gasteiger partial charge < -0.3 is 5.32 Å². The topological polar surface area (TPSA) is 35.8 Å². The van der Waals surface area contributed by atoms with E-state index in [1.807, 2.05) is 30.3 Å². The normalized spacial score (nSPS) is 8.73. The molecule has 1 aromatic carbocycles. The molecule has 0 aliphatic carbocycles. The third kappa shape index (κ3) is 2.39. The van der Waals surface area contributed by atoms with E-state index in [2.05, 4.69) is 27.9 Å². The lowest BCUT2D eigenvalue weighted by Gasteiger charge is -2.02. The molecule has 0 aromatic heterocycles. The minimum atomic E-state index is 0.361. The maximum absolute atomic E-state index is 8.30.